The summed E-state index contributed by atoms with van der Waals surface area (Å²) >= 11 is 0.764. The van der Waals surface area contributed by atoms with Crippen molar-refractivity contribution in [3.8, 4) is 0 Å². The molecule has 0 spiro atoms. The molecule has 130 valence electrons. The number of ether oxygens (including phenoxy) is 1. The van der Waals surface area contributed by atoms with Crippen LogP contribution in [0.5, 0.6) is 0 Å². The second kappa shape index (κ2) is 6.40. The standard InChI is InChI=1S/C13H9F4NO4S2/c1-22-12(19)11-10(4-5-23-11)24(20,21)18-9-6-7(13(15,16)17)2-3-8(9)14/h2-6,18H,1H3. The number of methoxy groups -OCH3 is 1. The van der Waals surface area contributed by atoms with Crippen LogP contribution in [0.2, 0.25) is 0 Å². The Balaban J connectivity index is 2.44. The average Bonchev–Trinajstić information content (AvgIpc) is 2.97. The molecule has 2 rings (SSSR count). The number of benzene rings is 1. The van der Waals surface area contributed by atoms with E-state index in [1.165, 1.54) is 5.38 Å². The Labute approximate surface area is 137 Å². The minimum Gasteiger partial charge on any atom is -0.465 e. The van der Waals surface area contributed by atoms with Gasteiger partial charge in [0.05, 0.1) is 18.4 Å². The highest BCUT2D eigenvalue weighted by atomic mass is 32.2. The van der Waals surface area contributed by atoms with Gasteiger partial charge in [0.1, 0.15) is 15.6 Å². The molecule has 0 bridgehead atoms. The zero-order valence-corrected chi connectivity index (χ0v) is 13.5. The number of anilines is 1. The summed E-state index contributed by atoms with van der Waals surface area (Å²) in [5, 5.41) is 1.28. The summed E-state index contributed by atoms with van der Waals surface area (Å²) in [6.07, 6.45) is -4.77. The van der Waals surface area contributed by atoms with Crippen LogP contribution >= 0.6 is 11.3 Å². The molecule has 0 aliphatic rings. The van der Waals surface area contributed by atoms with Crippen LogP contribution < -0.4 is 4.72 Å². The number of sulfonamides is 1. The second-order valence-electron chi connectivity index (χ2n) is 4.40. The molecular formula is C13H9F4NO4S2. The van der Waals surface area contributed by atoms with Crippen molar-refractivity contribution in [1.29, 1.82) is 0 Å². The first-order valence-electron chi connectivity index (χ1n) is 6.11. The monoisotopic (exact) mass is 383 g/mol. The molecule has 24 heavy (non-hydrogen) atoms. The van der Waals surface area contributed by atoms with Crippen LogP contribution in [0.25, 0.3) is 0 Å². The normalized spacial score (nSPS) is 12.0. The predicted octanol–water partition coefficient (Wildman–Crippen LogP) is 3.49. The summed E-state index contributed by atoms with van der Waals surface area (Å²) < 4.78 is 82.3. The first-order chi connectivity index (χ1) is 11.1. The average molecular weight is 383 g/mol. The van der Waals surface area contributed by atoms with Gasteiger partial charge in [-0.25, -0.2) is 17.6 Å². The van der Waals surface area contributed by atoms with E-state index in [-0.39, 0.29) is 4.88 Å². The number of esters is 1. The summed E-state index contributed by atoms with van der Waals surface area (Å²) in [5.74, 6) is -2.13. The summed E-state index contributed by atoms with van der Waals surface area (Å²) in [4.78, 5) is 10.7. The van der Waals surface area contributed by atoms with Crippen LogP contribution in [0.1, 0.15) is 15.2 Å². The quantitative estimate of drug-likeness (QED) is 0.648. The van der Waals surface area contributed by atoms with Crippen molar-refractivity contribution in [2.24, 2.45) is 0 Å². The van der Waals surface area contributed by atoms with Crippen molar-refractivity contribution in [1.82, 2.24) is 0 Å². The minimum absolute atomic E-state index is 0.280. The Morgan fingerprint density at radius 2 is 1.92 bits per heavy atom. The van der Waals surface area contributed by atoms with E-state index in [0.717, 1.165) is 24.5 Å². The highest BCUT2D eigenvalue weighted by molar-refractivity contribution is 7.93. The predicted molar refractivity (Wildman–Crippen MR) is 77.9 cm³/mol. The van der Waals surface area contributed by atoms with E-state index >= 15 is 0 Å². The first-order valence-corrected chi connectivity index (χ1v) is 8.48. The Morgan fingerprint density at radius 1 is 1.25 bits per heavy atom. The topological polar surface area (TPSA) is 72.5 Å². The Morgan fingerprint density at radius 3 is 2.50 bits per heavy atom. The summed E-state index contributed by atoms with van der Waals surface area (Å²) in [6, 6.07) is 2.37. The van der Waals surface area contributed by atoms with Gasteiger partial charge in [0.2, 0.25) is 0 Å². The lowest BCUT2D eigenvalue weighted by atomic mass is 10.2. The van der Waals surface area contributed by atoms with Gasteiger partial charge in [0.25, 0.3) is 10.0 Å². The minimum atomic E-state index is -4.77. The lowest BCUT2D eigenvalue weighted by molar-refractivity contribution is -0.137. The van der Waals surface area contributed by atoms with E-state index in [4.69, 9.17) is 0 Å². The highest BCUT2D eigenvalue weighted by Gasteiger charge is 2.32. The molecule has 0 saturated carbocycles. The fourth-order valence-electron chi connectivity index (χ4n) is 1.73. The third-order valence-corrected chi connectivity index (χ3v) is 5.26. The number of hydrogen-bond donors (Lipinski definition) is 1. The lowest BCUT2D eigenvalue weighted by Crippen LogP contribution is -2.17. The Hall–Kier alpha value is -2.14. The molecule has 0 amide bonds. The number of alkyl halides is 3. The van der Waals surface area contributed by atoms with E-state index < -0.39 is 44.1 Å². The fraction of sp³-hybridized carbons (Fsp3) is 0.154. The smallest absolute Gasteiger partial charge is 0.416 e. The molecule has 0 aliphatic heterocycles. The van der Waals surface area contributed by atoms with Crippen LogP contribution in [0, 0.1) is 5.82 Å². The number of halogens is 4. The lowest BCUT2D eigenvalue weighted by Gasteiger charge is -2.12. The van der Waals surface area contributed by atoms with Crippen molar-refractivity contribution < 1.29 is 35.5 Å². The van der Waals surface area contributed by atoms with Crippen molar-refractivity contribution in [2.45, 2.75) is 11.1 Å². The third kappa shape index (κ3) is 3.67. The van der Waals surface area contributed by atoms with Crippen molar-refractivity contribution in [3.63, 3.8) is 0 Å². The molecule has 0 atom stereocenters. The molecule has 1 aromatic carbocycles. The van der Waals surface area contributed by atoms with Crippen molar-refractivity contribution in [2.75, 3.05) is 11.8 Å². The molecular weight excluding hydrogens is 374 g/mol. The maximum absolute atomic E-state index is 13.7. The van der Waals surface area contributed by atoms with Crippen LogP contribution in [0.4, 0.5) is 23.2 Å². The number of nitrogens with one attached hydrogen (secondary N) is 1. The van der Waals surface area contributed by atoms with E-state index in [9.17, 15) is 30.8 Å². The van der Waals surface area contributed by atoms with Gasteiger partial charge in [0.15, 0.2) is 0 Å². The van der Waals surface area contributed by atoms with Gasteiger partial charge < -0.3 is 4.74 Å². The maximum atomic E-state index is 13.7. The molecule has 0 radical (unpaired) electrons. The Bertz CT molecular complexity index is 874. The number of hydrogen-bond acceptors (Lipinski definition) is 5. The van der Waals surface area contributed by atoms with Crippen LogP contribution in [0.15, 0.2) is 34.5 Å². The molecule has 0 fully saturated rings. The molecule has 1 N–H and O–H groups in total. The van der Waals surface area contributed by atoms with Gasteiger partial charge >= 0.3 is 12.1 Å². The van der Waals surface area contributed by atoms with Gasteiger partial charge in [0, 0.05) is 0 Å². The molecule has 0 unspecified atom stereocenters. The molecule has 0 saturated heterocycles. The van der Waals surface area contributed by atoms with Gasteiger partial charge in [-0.1, -0.05) is 0 Å². The van der Waals surface area contributed by atoms with Crippen LogP contribution in [-0.2, 0) is 20.9 Å². The maximum Gasteiger partial charge on any atom is 0.416 e. The zero-order valence-electron chi connectivity index (χ0n) is 11.8. The molecule has 5 nitrogen and oxygen atoms in total. The molecule has 1 heterocycles. The number of carbonyl (C=O) groups excluding carboxylic acids is 1. The number of carbonyl (C=O) groups is 1. The van der Waals surface area contributed by atoms with Crippen LogP contribution in [-0.4, -0.2) is 21.5 Å². The molecule has 1 aromatic heterocycles. The van der Waals surface area contributed by atoms with Gasteiger partial charge in [-0.05, 0) is 29.6 Å². The Kier molecular flexibility index (Phi) is 4.85. The summed E-state index contributed by atoms with van der Waals surface area (Å²) in [6.45, 7) is 0. The van der Waals surface area contributed by atoms with E-state index in [1.54, 1.807) is 4.72 Å². The van der Waals surface area contributed by atoms with Gasteiger partial charge in [-0.3, -0.25) is 4.72 Å². The van der Waals surface area contributed by atoms with Crippen LogP contribution in [0.3, 0.4) is 0 Å². The highest BCUT2D eigenvalue weighted by Crippen LogP contribution is 2.33. The van der Waals surface area contributed by atoms with Gasteiger partial charge in [-0.15, -0.1) is 11.3 Å². The SMILES string of the molecule is COC(=O)c1sccc1S(=O)(=O)Nc1cc(C(F)(F)F)ccc1F. The number of thiophene rings is 1. The second-order valence-corrected chi connectivity index (χ2v) is 6.97. The number of rotatable bonds is 4. The van der Waals surface area contributed by atoms with Gasteiger partial charge in [-0.2, -0.15) is 13.2 Å². The van der Waals surface area contributed by atoms with E-state index in [0.29, 0.717) is 18.2 Å². The van der Waals surface area contributed by atoms with Crippen molar-refractivity contribution in [3.05, 3.63) is 45.9 Å². The van der Waals surface area contributed by atoms with E-state index in [2.05, 4.69) is 4.74 Å². The third-order valence-electron chi connectivity index (χ3n) is 2.83. The zero-order chi connectivity index (χ0) is 18.1. The molecule has 2 aromatic rings. The molecule has 11 heteroatoms. The summed E-state index contributed by atoms with van der Waals surface area (Å²) in [7, 11) is -3.45. The van der Waals surface area contributed by atoms with Crippen molar-refractivity contribution >= 4 is 33.0 Å². The van der Waals surface area contributed by atoms with E-state index in [1.807, 2.05) is 0 Å². The molecule has 0 aliphatic carbocycles. The summed E-state index contributed by atoms with van der Waals surface area (Å²) in [5.41, 5.74) is -2.10. The first kappa shape index (κ1) is 18.2. The largest absolute Gasteiger partial charge is 0.465 e. The fourth-order valence-corrected chi connectivity index (χ4v) is 4.12.